The Morgan fingerprint density at radius 2 is 1.73 bits per heavy atom. The van der Waals surface area contributed by atoms with Crippen LogP contribution in [0.4, 0.5) is 10.5 Å². The predicted octanol–water partition coefficient (Wildman–Crippen LogP) is 4.22. The molecule has 2 N–H and O–H groups in total. The van der Waals surface area contributed by atoms with E-state index in [0.29, 0.717) is 30.4 Å². The van der Waals surface area contributed by atoms with E-state index < -0.39 is 10.0 Å². The van der Waals surface area contributed by atoms with Gasteiger partial charge in [0.2, 0.25) is 10.0 Å². The molecule has 1 aliphatic heterocycles. The van der Waals surface area contributed by atoms with Crippen molar-refractivity contribution in [1.29, 1.82) is 0 Å². The molecule has 7 heteroatoms. The minimum Gasteiger partial charge on any atom is -0.325 e. The minimum atomic E-state index is -3.50. The van der Waals surface area contributed by atoms with Crippen molar-refractivity contribution in [3.05, 3.63) is 59.2 Å². The zero-order valence-electron chi connectivity index (χ0n) is 17.9. The molecule has 0 radical (unpaired) electrons. The molecule has 0 spiro atoms. The van der Waals surface area contributed by atoms with Gasteiger partial charge in [-0.05, 0) is 80.8 Å². The summed E-state index contributed by atoms with van der Waals surface area (Å²) in [6.07, 6.45) is 2.54. The first-order chi connectivity index (χ1) is 14.2. The summed E-state index contributed by atoms with van der Waals surface area (Å²) in [4.78, 5) is 14.7. The van der Waals surface area contributed by atoms with Crippen LogP contribution >= 0.6 is 0 Å². The molecule has 2 aromatic rings. The Labute approximate surface area is 179 Å². The first-order valence-electron chi connectivity index (χ1n) is 10.4. The van der Waals surface area contributed by atoms with Crippen molar-refractivity contribution >= 4 is 21.7 Å². The summed E-state index contributed by atoms with van der Waals surface area (Å²) in [6.45, 7) is 7.48. The van der Waals surface area contributed by atoms with Gasteiger partial charge in [-0.25, -0.2) is 17.9 Å². The first-order valence-corrected chi connectivity index (χ1v) is 11.9. The molecule has 0 aliphatic carbocycles. The number of amides is 2. The largest absolute Gasteiger partial charge is 0.325 e. The van der Waals surface area contributed by atoms with Crippen LogP contribution in [-0.2, 0) is 10.0 Å². The number of benzene rings is 2. The van der Waals surface area contributed by atoms with E-state index in [1.807, 2.05) is 62.1 Å². The molecule has 6 nitrogen and oxygen atoms in total. The lowest BCUT2D eigenvalue weighted by Crippen LogP contribution is -2.41. The Hall–Kier alpha value is -2.38. The van der Waals surface area contributed by atoms with Crippen LogP contribution < -0.4 is 10.0 Å². The van der Waals surface area contributed by atoms with Crippen molar-refractivity contribution in [2.45, 2.75) is 44.9 Å². The van der Waals surface area contributed by atoms with Crippen LogP contribution in [0.5, 0.6) is 0 Å². The van der Waals surface area contributed by atoms with Gasteiger partial charge in [0.05, 0.1) is 4.90 Å². The molecule has 1 aliphatic rings. The fraction of sp³-hybridized carbons (Fsp3) is 0.435. The lowest BCUT2D eigenvalue weighted by atomic mass is 9.94. The predicted molar refractivity (Wildman–Crippen MR) is 120 cm³/mol. The smallest absolute Gasteiger partial charge is 0.321 e. The van der Waals surface area contributed by atoms with Gasteiger partial charge in [-0.15, -0.1) is 0 Å². The van der Waals surface area contributed by atoms with Crippen LogP contribution in [0.2, 0.25) is 0 Å². The van der Waals surface area contributed by atoms with Gasteiger partial charge in [-0.2, -0.15) is 0 Å². The molecule has 1 heterocycles. The highest BCUT2D eigenvalue weighted by atomic mass is 32.2. The number of carbonyl (C=O) groups is 1. The van der Waals surface area contributed by atoms with Gasteiger partial charge in [0.25, 0.3) is 0 Å². The van der Waals surface area contributed by atoms with E-state index in [0.717, 1.165) is 41.6 Å². The average molecular weight is 430 g/mol. The van der Waals surface area contributed by atoms with Crippen LogP contribution in [0, 0.1) is 26.7 Å². The number of sulfonamides is 1. The fourth-order valence-corrected chi connectivity index (χ4v) is 5.20. The lowest BCUT2D eigenvalue weighted by Gasteiger charge is -2.32. The lowest BCUT2D eigenvalue weighted by molar-refractivity contribution is 0.180. The Morgan fingerprint density at radius 3 is 2.43 bits per heavy atom. The third-order valence-electron chi connectivity index (χ3n) is 5.65. The van der Waals surface area contributed by atoms with Gasteiger partial charge >= 0.3 is 6.03 Å². The van der Waals surface area contributed by atoms with Gasteiger partial charge in [0.15, 0.2) is 0 Å². The van der Waals surface area contributed by atoms with E-state index in [2.05, 4.69) is 10.0 Å². The number of urea groups is 1. The highest BCUT2D eigenvalue weighted by molar-refractivity contribution is 7.89. The SMILES string of the molecule is Cc1cccc(NC(=O)N2CCC(CCNS(=O)(=O)c3cc(C)ccc3C)CC2)c1. The molecule has 0 saturated carbocycles. The molecule has 1 fully saturated rings. The Kier molecular flexibility index (Phi) is 7.15. The number of likely N-dealkylation sites (tertiary alicyclic amines) is 1. The highest BCUT2D eigenvalue weighted by Crippen LogP contribution is 2.22. The van der Waals surface area contributed by atoms with Crippen molar-refractivity contribution in [2.75, 3.05) is 25.0 Å². The van der Waals surface area contributed by atoms with Crippen LogP contribution in [0.3, 0.4) is 0 Å². The van der Waals surface area contributed by atoms with Crippen molar-refractivity contribution < 1.29 is 13.2 Å². The van der Waals surface area contributed by atoms with E-state index >= 15 is 0 Å². The van der Waals surface area contributed by atoms with E-state index in [1.54, 1.807) is 6.07 Å². The van der Waals surface area contributed by atoms with Crippen molar-refractivity contribution in [3.8, 4) is 0 Å². The number of piperidine rings is 1. The molecule has 0 atom stereocenters. The Morgan fingerprint density at radius 1 is 1.03 bits per heavy atom. The second-order valence-corrected chi connectivity index (χ2v) is 9.92. The number of rotatable bonds is 6. The quantitative estimate of drug-likeness (QED) is 0.721. The number of carbonyl (C=O) groups excluding carboxylic acids is 1. The Bertz CT molecular complexity index is 997. The molecule has 2 amide bonds. The number of hydrogen-bond donors (Lipinski definition) is 2. The average Bonchev–Trinajstić information content (AvgIpc) is 2.70. The van der Waals surface area contributed by atoms with Crippen LogP contribution in [0.25, 0.3) is 0 Å². The Balaban J connectivity index is 1.44. The molecule has 0 bridgehead atoms. The van der Waals surface area contributed by atoms with E-state index in [-0.39, 0.29) is 6.03 Å². The van der Waals surface area contributed by atoms with Crippen molar-refractivity contribution in [1.82, 2.24) is 9.62 Å². The van der Waals surface area contributed by atoms with E-state index in [9.17, 15) is 13.2 Å². The van der Waals surface area contributed by atoms with Crippen molar-refractivity contribution in [2.24, 2.45) is 5.92 Å². The fourth-order valence-electron chi connectivity index (χ4n) is 3.82. The summed E-state index contributed by atoms with van der Waals surface area (Å²) in [6, 6.07) is 13.1. The topological polar surface area (TPSA) is 78.5 Å². The highest BCUT2D eigenvalue weighted by Gasteiger charge is 2.24. The number of hydrogen-bond acceptors (Lipinski definition) is 3. The van der Waals surface area contributed by atoms with Gasteiger partial charge in [-0.3, -0.25) is 0 Å². The third-order valence-corrected chi connectivity index (χ3v) is 7.25. The molecular formula is C23H31N3O3S. The summed E-state index contributed by atoms with van der Waals surface area (Å²) in [5.74, 6) is 0.411. The monoisotopic (exact) mass is 429 g/mol. The minimum absolute atomic E-state index is 0.0744. The standard InChI is InChI=1S/C23H31N3O3S/c1-17-5-4-6-21(15-17)25-23(27)26-13-10-20(11-14-26)9-12-24-30(28,29)22-16-18(2)7-8-19(22)3/h4-8,15-16,20,24H,9-14H2,1-3H3,(H,25,27). The zero-order valence-corrected chi connectivity index (χ0v) is 18.8. The van der Waals surface area contributed by atoms with Crippen molar-refractivity contribution in [3.63, 3.8) is 0 Å². The zero-order chi connectivity index (χ0) is 21.7. The molecule has 3 rings (SSSR count). The van der Waals surface area contributed by atoms with Gasteiger partial charge < -0.3 is 10.2 Å². The summed E-state index contributed by atoms with van der Waals surface area (Å²) >= 11 is 0. The molecule has 30 heavy (non-hydrogen) atoms. The number of aryl methyl sites for hydroxylation is 3. The number of anilines is 1. The maximum Gasteiger partial charge on any atom is 0.321 e. The normalized spacial score (nSPS) is 15.2. The molecular weight excluding hydrogens is 398 g/mol. The summed E-state index contributed by atoms with van der Waals surface area (Å²) < 4.78 is 28.0. The van der Waals surface area contributed by atoms with Gasteiger partial charge in [0, 0.05) is 25.3 Å². The summed E-state index contributed by atoms with van der Waals surface area (Å²) in [7, 11) is -3.50. The number of nitrogens with zero attached hydrogens (tertiary/aromatic N) is 1. The van der Waals surface area contributed by atoms with Crippen LogP contribution in [0.15, 0.2) is 47.4 Å². The second-order valence-electron chi connectivity index (χ2n) is 8.19. The maximum atomic E-state index is 12.6. The van der Waals surface area contributed by atoms with E-state index in [4.69, 9.17) is 0 Å². The van der Waals surface area contributed by atoms with Gasteiger partial charge in [0.1, 0.15) is 0 Å². The van der Waals surface area contributed by atoms with Gasteiger partial charge in [-0.1, -0.05) is 24.3 Å². The third kappa shape index (κ3) is 5.83. The molecule has 162 valence electrons. The van der Waals surface area contributed by atoms with E-state index in [1.165, 1.54) is 0 Å². The number of nitrogens with one attached hydrogen (secondary N) is 2. The van der Waals surface area contributed by atoms with Crippen LogP contribution in [-0.4, -0.2) is 39.0 Å². The molecule has 1 saturated heterocycles. The molecule has 2 aromatic carbocycles. The van der Waals surface area contributed by atoms with Crippen LogP contribution in [0.1, 0.15) is 36.0 Å². The first kappa shape index (κ1) is 22.3. The molecule has 0 aromatic heterocycles. The summed E-state index contributed by atoms with van der Waals surface area (Å²) in [5.41, 5.74) is 3.59. The summed E-state index contributed by atoms with van der Waals surface area (Å²) in [5, 5.41) is 2.95. The maximum absolute atomic E-state index is 12.6. The second kappa shape index (κ2) is 9.62. The molecule has 0 unspecified atom stereocenters.